The van der Waals surface area contributed by atoms with E-state index in [9.17, 15) is 23.2 Å². The lowest BCUT2D eigenvalue weighted by Gasteiger charge is -2.33. The Morgan fingerprint density at radius 1 is 1.10 bits per heavy atom. The normalized spacial score (nSPS) is 24.7. The summed E-state index contributed by atoms with van der Waals surface area (Å²) in [4.78, 5) is 44.0. The minimum atomic E-state index is -2.90. The number of piperidine rings is 1. The molecule has 1 aromatic rings. The van der Waals surface area contributed by atoms with Gasteiger partial charge in [-0.1, -0.05) is 43.0 Å². The molecule has 1 aliphatic carbocycles. The monoisotopic (exact) mass is 561 g/mol. The molecule has 3 amide bonds. The van der Waals surface area contributed by atoms with Crippen LogP contribution in [0, 0.1) is 11.8 Å². The SMILES string of the molecule is C=CC=C(C=C)OC(=O)N(CC)C1CN(C(=O)C2CCN(C(=O)C3CC3(F)F)CC2)CC1c1ccc(Cl)cc1. The molecule has 1 saturated carbocycles. The Labute approximate surface area is 232 Å². The van der Waals surface area contributed by atoms with Gasteiger partial charge in [-0.3, -0.25) is 9.59 Å². The summed E-state index contributed by atoms with van der Waals surface area (Å²) < 4.78 is 32.3. The predicted octanol–water partition coefficient (Wildman–Crippen LogP) is 5.24. The molecule has 1 aromatic carbocycles. The maximum Gasteiger partial charge on any atom is 0.415 e. The number of alkyl halides is 2. The topological polar surface area (TPSA) is 70.2 Å². The number of carbonyl (C=O) groups is 3. The average molecular weight is 562 g/mol. The van der Waals surface area contributed by atoms with Gasteiger partial charge in [0.05, 0.1) is 6.04 Å². The van der Waals surface area contributed by atoms with E-state index in [1.807, 2.05) is 19.1 Å². The van der Waals surface area contributed by atoms with Crippen molar-refractivity contribution in [3.63, 3.8) is 0 Å². The fourth-order valence-electron chi connectivity index (χ4n) is 5.54. The number of hydrogen-bond acceptors (Lipinski definition) is 4. The van der Waals surface area contributed by atoms with Crippen molar-refractivity contribution in [2.45, 2.75) is 44.1 Å². The summed E-state index contributed by atoms with van der Waals surface area (Å²) in [5.74, 6) is -4.90. The molecule has 210 valence electrons. The van der Waals surface area contributed by atoms with Gasteiger partial charge in [0.2, 0.25) is 11.8 Å². The summed E-state index contributed by atoms with van der Waals surface area (Å²) in [5, 5.41) is 0.587. The molecule has 39 heavy (non-hydrogen) atoms. The number of halogens is 3. The number of carbonyl (C=O) groups excluding carboxylic acids is 3. The van der Waals surface area contributed by atoms with Crippen molar-refractivity contribution >= 4 is 29.5 Å². The van der Waals surface area contributed by atoms with E-state index >= 15 is 0 Å². The lowest BCUT2D eigenvalue weighted by Crippen LogP contribution is -2.46. The van der Waals surface area contributed by atoms with Crippen molar-refractivity contribution in [1.29, 1.82) is 0 Å². The molecule has 0 radical (unpaired) electrons. The highest BCUT2D eigenvalue weighted by Crippen LogP contribution is 2.49. The van der Waals surface area contributed by atoms with Crippen LogP contribution >= 0.6 is 11.6 Å². The number of nitrogens with zero attached hydrogens (tertiary/aromatic N) is 3. The van der Waals surface area contributed by atoms with Crippen molar-refractivity contribution < 1.29 is 27.9 Å². The van der Waals surface area contributed by atoms with Gasteiger partial charge in [-0.2, -0.15) is 0 Å². The zero-order valence-electron chi connectivity index (χ0n) is 22.0. The molecular weight excluding hydrogens is 528 g/mol. The van der Waals surface area contributed by atoms with Gasteiger partial charge in [0.25, 0.3) is 5.92 Å². The van der Waals surface area contributed by atoms with E-state index in [1.54, 1.807) is 28.0 Å². The third kappa shape index (κ3) is 6.35. The van der Waals surface area contributed by atoms with Gasteiger partial charge in [0.1, 0.15) is 11.7 Å². The van der Waals surface area contributed by atoms with Crippen LogP contribution in [0.4, 0.5) is 13.6 Å². The largest absolute Gasteiger partial charge is 0.415 e. The molecule has 0 aromatic heterocycles. The number of amides is 3. The van der Waals surface area contributed by atoms with E-state index in [4.69, 9.17) is 16.3 Å². The standard InChI is InChI=1S/C29H34ClF2N3O4/c1-4-7-22(5-2)39-28(38)35(6-3)25-18-34(17-23(25)19-8-10-21(30)11-9-19)26(36)20-12-14-33(15-13-20)27(37)24-16-29(24,31)32/h4-5,7-11,20,23-25H,1-2,6,12-18H2,3H3. The second kappa shape index (κ2) is 11.9. The second-order valence-electron chi connectivity index (χ2n) is 10.2. The molecule has 4 rings (SSSR count). The molecule has 2 heterocycles. The fourth-order valence-corrected chi connectivity index (χ4v) is 5.67. The van der Waals surface area contributed by atoms with Gasteiger partial charge < -0.3 is 19.4 Å². The first-order chi connectivity index (χ1) is 18.6. The molecule has 7 nitrogen and oxygen atoms in total. The molecule has 0 bridgehead atoms. The molecular formula is C29H34ClF2N3O4. The first-order valence-electron chi connectivity index (χ1n) is 13.2. The predicted molar refractivity (Wildman–Crippen MR) is 144 cm³/mol. The van der Waals surface area contributed by atoms with Crippen LogP contribution in [0.15, 0.2) is 61.4 Å². The number of benzene rings is 1. The molecule has 3 aliphatic rings. The summed E-state index contributed by atoms with van der Waals surface area (Å²) in [6.45, 7) is 10.8. The van der Waals surface area contributed by atoms with Gasteiger partial charge in [0, 0.05) is 56.0 Å². The molecule has 3 fully saturated rings. The Morgan fingerprint density at radius 2 is 1.74 bits per heavy atom. The maximum atomic E-state index is 13.6. The van der Waals surface area contributed by atoms with E-state index in [0.29, 0.717) is 37.5 Å². The van der Waals surface area contributed by atoms with Crippen LogP contribution in [0.25, 0.3) is 0 Å². The summed E-state index contributed by atoms with van der Waals surface area (Å²) in [6, 6.07) is 7.02. The van der Waals surface area contributed by atoms with E-state index in [-0.39, 0.29) is 49.1 Å². The number of likely N-dealkylation sites (tertiary alicyclic amines) is 2. The summed E-state index contributed by atoms with van der Waals surface area (Å²) >= 11 is 6.11. The van der Waals surface area contributed by atoms with Crippen LogP contribution in [-0.2, 0) is 14.3 Å². The number of likely N-dealkylation sites (N-methyl/N-ethyl adjacent to an activating group) is 1. The lowest BCUT2D eigenvalue weighted by molar-refractivity contribution is -0.141. The third-order valence-corrected chi connectivity index (χ3v) is 8.09. The first kappa shape index (κ1) is 28.8. The van der Waals surface area contributed by atoms with Crippen molar-refractivity contribution in [3.8, 4) is 0 Å². The molecule has 10 heteroatoms. The summed E-state index contributed by atoms with van der Waals surface area (Å²) in [6.07, 6.45) is 4.38. The van der Waals surface area contributed by atoms with E-state index in [2.05, 4.69) is 13.2 Å². The minimum Gasteiger partial charge on any atom is -0.410 e. The lowest BCUT2D eigenvalue weighted by atomic mass is 9.93. The van der Waals surface area contributed by atoms with E-state index in [0.717, 1.165) is 5.56 Å². The van der Waals surface area contributed by atoms with Crippen LogP contribution in [0.5, 0.6) is 0 Å². The van der Waals surface area contributed by atoms with Gasteiger partial charge in [0.15, 0.2) is 0 Å². The van der Waals surface area contributed by atoms with Gasteiger partial charge >= 0.3 is 6.09 Å². The smallest absolute Gasteiger partial charge is 0.410 e. The van der Waals surface area contributed by atoms with Crippen LogP contribution in [-0.4, -0.2) is 77.3 Å². The van der Waals surface area contributed by atoms with Crippen molar-refractivity contribution in [1.82, 2.24) is 14.7 Å². The summed E-state index contributed by atoms with van der Waals surface area (Å²) in [5.41, 5.74) is 0.947. The number of ether oxygens (including phenoxy) is 1. The molecule has 3 atom stereocenters. The van der Waals surface area contributed by atoms with E-state index < -0.39 is 23.8 Å². The Balaban J connectivity index is 1.48. The Kier molecular flexibility index (Phi) is 8.79. The first-order valence-corrected chi connectivity index (χ1v) is 13.6. The number of allylic oxidation sites excluding steroid dienone is 3. The van der Waals surface area contributed by atoms with Crippen LogP contribution in [0.1, 0.15) is 37.7 Å². The zero-order valence-corrected chi connectivity index (χ0v) is 22.8. The van der Waals surface area contributed by atoms with Crippen LogP contribution < -0.4 is 0 Å². The minimum absolute atomic E-state index is 0.0527. The van der Waals surface area contributed by atoms with Crippen LogP contribution in [0.3, 0.4) is 0 Å². The molecule has 0 spiro atoms. The highest BCUT2D eigenvalue weighted by atomic mass is 35.5. The Hall–Kier alpha value is -3.20. The van der Waals surface area contributed by atoms with E-state index in [1.165, 1.54) is 17.1 Å². The highest BCUT2D eigenvalue weighted by Gasteiger charge is 2.62. The van der Waals surface area contributed by atoms with Crippen molar-refractivity contribution in [3.05, 3.63) is 72.0 Å². The van der Waals surface area contributed by atoms with Crippen molar-refractivity contribution in [2.75, 3.05) is 32.7 Å². The van der Waals surface area contributed by atoms with Gasteiger partial charge in [-0.25, -0.2) is 13.6 Å². The Bertz CT molecular complexity index is 1150. The van der Waals surface area contributed by atoms with Crippen molar-refractivity contribution in [2.24, 2.45) is 11.8 Å². The quantitative estimate of drug-likeness (QED) is 0.321. The van der Waals surface area contributed by atoms with Crippen LogP contribution in [0.2, 0.25) is 5.02 Å². The maximum absolute atomic E-state index is 13.6. The average Bonchev–Trinajstić information content (AvgIpc) is 3.36. The zero-order chi connectivity index (χ0) is 28.3. The molecule has 3 unspecified atom stereocenters. The molecule has 2 aliphatic heterocycles. The van der Waals surface area contributed by atoms with Gasteiger partial charge in [-0.15, -0.1) is 0 Å². The van der Waals surface area contributed by atoms with Gasteiger partial charge in [-0.05, 0) is 49.6 Å². The third-order valence-electron chi connectivity index (χ3n) is 7.84. The fraction of sp³-hybridized carbons (Fsp3) is 0.483. The highest BCUT2D eigenvalue weighted by molar-refractivity contribution is 6.30. The molecule has 2 saturated heterocycles. The number of hydrogen-bond donors (Lipinski definition) is 0. The molecule has 0 N–H and O–H groups in total. The summed E-state index contributed by atoms with van der Waals surface area (Å²) in [7, 11) is 0. The second-order valence-corrected chi connectivity index (χ2v) is 10.7. The number of rotatable bonds is 8. The Morgan fingerprint density at radius 3 is 2.28 bits per heavy atom.